The molecular weight excluding hydrogens is 610 g/mol. The van der Waals surface area contributed by atoms with Gasteiger partial charge in [0.1, 0.15) is 6.61 Å². The number of methoxy groups -OCH3 is 1. The van der Waals surface area contributed by atoms with Crippen LogP contribution in [0.5, 0.6) is 11.5 Å². The third kappa shape index (κ3) is 13.4. The van der Waals surface area contributed by atoms with E-state index in [1.807, 2.05) is 62.4 Å². The summed E-state index contributed by atoms with van der Waals surface area (Å²) in [6.07, 6.45) is 1.48. The summed E-state index contributed by atoms with van der Waals surface area (Å²) in [6, 6.07) is 14.6. The summed E-state index contributed by atoms with van der Waals surface area (Å²) >= 11 is 0. The Hall–Kier alpha value is -3.79. The minimum Gasteiger partial charge on any atom is -0.493 e. The Morgan fingerprint density at radius 2 is 1.62 bits per heavy atom. The second kappa shape index (κ2) is 19.9. The first-order valence-electron chi connectivity index (χ1n) is 17.2. The lowest BCUT2D eigenvalue weighted by molar-refractivity contribution is -0.130. The molecule has 48 heavy (non-hydrogen) atoms. The zero-order valence-corrected chi connectivity index (χ0v) is 30.2. The highest BCUT2D eigenvalue weighted by Gasteiger charge is 2.34. The topological polar surface area (TPSA) is 149 Å². The maximum Gasteiger partial charge on any atom is 0.407 e. The van der Waals surface area contributed by atoms with Gasteiger partial charge in [-0.2, -0.15) is 0 Å². The lowest BCUT2D eigenvalue weighted by Crippen LogP contribution is -2.49. The lowest BCUT2D eigenvalue weighted by Gasteiger charge is -2.32. The maximum atomic E-state index is 13.3. The molecule has 0 aromatic heterocycles. The highest BCUT2D eigenvalue weighted by atomic mass is 16.5. The number of nitrogens with one attached hydrogen (secondary N) is 2. The van der Waals surface area contributed by atoms with Crippen LogP contribution < -0.4 is 25.8 Å². The fourth-order valence-electron chi connectivity index (χ4n) is 5.37. The van der Waals surface area contributed by atoms with Crippen molar-refractivity contribution >= 4 is 17.9 Å². The number of aliphatic hydroxyl groups excluding tert-OH is 1. The number of amides is 3. The fourth-order valence-corrected chi connectivity index (χ4v) is 5.37. The van der Waals surface area contributed by atoms with Gasteiger partial charge in [0, 0.05) is 12.5 Å². The molecular formula is C38H59N3O7. The van der Waals surface area contributed by atoms with Crippen LogP contribution in [0.3, 0.4) is 0 Å². The molecule has 0 unspecified atom stereocenters. The first kappa shape index (κ1) is 40.4. The molecule has 2 rings (SSSR count). The van der Waals surface area contributed by atoms with Gasteiger partial charge in [0.05, 0.1) is 31.3 Å². The SMILES string of the molecule is CCCCOc1cc(C[C@@H](C[C@H](NC(=O)OCc2ccccc2)[C@@H](O)C[C@H](C(=O)NCC(C)(C)C(N)=O)C(C)C)C(C)C)ccc1OC. The number of benzene rings is 2. The largest absolute Gasteiger partial charge is 0.493 e. The third-order valence-electron chi connectivity index (χ3n) is 8.97. The molecule has 0 aliphatic carbocycles. The van der Waals surface area contributed by atoms with Crippen LogP contribution in [-0.4, -0.2) is 55.4 Å². The number of rotatable bonds is 21. The van der Waals surface area contributed by atoms with E-state index < -0.39 is 35.5 Å². The number of ether oxygens (including phenoxy) is 3. The van der Waals surface area contributed by atoms with Crippen LogP contribution in [-0.2, 0) is 27.4 Å². The second-order valence-corrected chi connectivity index (χ2v) is 14.1. The molecule has 0 fully saturated rings. The smallest absolute Gasteiger partial charge is 0.407 e. The number of hydrogen-bond acceptors (Lipinski definition) is 7. The highest BCUT2D eigenvalue weighted by Crippen LogP contribution is 2.32. The fraction of sp³-hybridized carbons (Fsp3) is 0.605. The van der Waals surface area contributed by atoms with Crippen LogP contribution in [0.1, 0.15) is 85.3 Å². The molecule has 0 spiro atoms. The van der Waals surface area contributed by atoms with Crippen LogP contribution in [0.2, 0.25) is 0 Å². The molecule has 0 saturated carbocycles. The number of nitrogens with two attached hydrogens (primary N) is 1. The van der Waals surface area contributed by atoms with Gasteiger partial charge in [0.2, 0.25) is 11.8 Å². The van der Waals surface area contributed by atoms with Crippen molar-refractivity contribution in [2.75, 3.05) is 20.3 Å². The van der Waals surface area contributed by atoms with Gasteiger partial charge in [0.25, 0.3) is 0 Å². The Labute approximate surface area is 287 Å². The molecule has 0 bridgehead atoms. The zero-order valence-electron chi connectivity index (χ0n) is 30.2. The van der Waals surface area contributed by atoms with E-state index in [4.69, 9.17) is 19.9 Å². The predicted octanol–water partition coefficient (Wildman–Crippen LogP) is 6.02. The van der Waals surface area contributed by atoms with Crippen molar-refractivity contribution in [1.29, 1.82) is 0 Å². The Morgan fingerprint density at radius 1 is 0.938 bits per heavy atom. The van der Waals surface area contributed by atoms with E-state index in [1.54, 1.807) is 21.0 Å². The Morgan fingerprint density at radius 3 is 2.21 bits per heavy atom. The summed E-state index contributed by atoms with van der Waals surface area (Å²) in [7, 11) is 1.62. The van der Waals surface area contributed by atoms with E-state index in [0.717, 1.165) is 24.0 Å². The average molecular weight is 670 g/mol. The predicted molar refractivity (Wildman–Crippen MR) is 189 cm³/mol. The normalized spacial score (nSPS) is 14.1. The first-order valence-corrected chi connectivity index (χ1v) is 17.2. The molecule has 4 atom stereocenters. The Bertz CT molecular complexity index is 1280. The average Bonchev–Trinajstić information content (AvgIpc) is 3.04. The van der Waals surface area contributed by atoms with E-state index in [0.29, 0.717) is 30.9 Å². The zero-order chi connectivity index (χ0) is 35.9. The van der Waals surface area contributed by atoms with Crippen molar-refractivity contribution in [3.63, 3.8) is 0 Å². The van der Waals surface area contributed by atoms with Crippen molar-refractivity contribution in [2.45, 2.75) is 99.3 Å². The van der Waals surface area contributed by atoms with Crippen molar-refractivity contribution in [3.05, 3.63) is 59.7 Å². The monoisotopic (exact) mass is 669 g/mol. The maximum absolute atomic E-state index is 13.3. The van der Waals surface area contributed by atoms with Gasteiger partial charge in [-0.15, -0.1) is 0 Å². The number of unbranched alkanes of at least 4 members (excludes halogenated alkanes) is 1. The summed E-state index contributed by atoms with van der Waals surface area (Å²) in [5.74, 6) is 0.132. The number of alkyl carbamates (subject to hydrolysis) is 1. The van der Waals surface area contributed by atoms with Gasteiger partial charge in [-0.3, -0.25) is 9.59 Å². The third-order valence-corrected chi connectivity index (χ3v) is 8.97. The lowest BCUT2D eigenvalue weighted by atomic mass is 9.80. The molecule has 5 N–H and O–H groups in total. The highest BCUT2D eigenvalue weighted by molar-refractivity contribution is 5.83. The number of carbonyl (C=O) groups is 3. The standard InChI is InChI=1S/C38H59N3O7/c1-9-10-18-47-34-20-28(16-17-33(34)46-8)19-29(25(2)3)21-31(41-37(45)48-23-27-14-12-11-13-15-27)32(42)22-30(26(4)5)35(43)40-24-38(6,7)36(39)44/h11-17,20,25-26,29-32,42H,9-10,18-19,21-24H2,1-8H3,(H2,39,44)(H,40,43)(H,41,45)/t29-,30-,31-,32-/m0/s1. The van der Waals surface area contributed by atoms with Gasteiger partial charge in [-0.25, -0.2) is 4.79 Å². The Kier molecular flexibility index (Phi) is 16.7. The summed E-state index contributed by atoms with van der Waals surface area (Å²) in [6.45, 7) is 14.3. The van der Waals surface area contributed by atoms with Crippen LogP contribution in [0.4, 0.5) is 4.79 Å². The van der Waals surface area contributed by atoms with E-state index >= 15 is 0 Å². The van der Waals surface area contributed by atoms with E-state index in [2.05, 4.69) is 31.4 Å². The molecule has 2 aromatic rings. The van der Waals surface area contributed by atoms with Gasteiger partial charge < -0.3 is 35.7 Å². The van der Waals surface area contributed by atoms with Crippen molar-refractivity contribution in [3.8, 4) is 11.5 Å². The van der Waals surface area contributed by atoms with Crippen molar-refractivity contribution in [1.82, 2.24) is 10.6 Å². The van der Waals surface area contributed by atoms with Gasteiger partial charge >= 0.3 is 6.09 Å². The first-order chi connectivity index (χ1) is 22.7. The molecule has 10 heteroatoms. The minimum absolute atomic E-state index is 0.0543. The molecule has 0 radical (unpaired) electrons. The summed E-state index contributed by atoms with van der Waals surface area (Å²) < 4.78 is 17.1. The number of hydrogen-bond donors (Lipinski definition) is 4. The molecule has 2 aromatic carbocycles. The summed E-state index contributed by atoms with van der Waals surface area (Å²) in [4.78, 5) is 38.3. The summed E-state index contributed by atoms with van der Waals surface area (Å²) in [5.41, 5.74) is 6.48. The Balaban J connectivity index is 2.30. The van der Waals surface area contributed by atoms with Crippen molar-refractivity contribution in [2.24, 2.45) is 34.8 Å². The minimum atomic E-state index is -1.05. The van der Waals surface area contributed by atoms with Crippen LogP contribution in [0.15, 0.2) is 48.5 Å². The molecule has 3 amide bonds. The quantitative estimate of drug-likeness (QED) is 0.119. The van der Waals surface area contributed by atoms with E-state index in [9.17, 15) is 19.5 Å². The summed E-state index contributed by atoms with van der Waals surface area (Å²) in [5, 5.41) is 17.5. The number of primary amides is 1. The van der Waals surface area contributed by atoms with Crippen LogP contribution >= 0.6 is 0 Å². The van der Waals surface area contributed by atoms with Gasteiger partial charge in [-0.1, -0.05) is 77.4 Å². The molecule has 10 nitrogen and oxygen atoms in total. The van der Waals surface area contributed by atoms with Crippen LogP contribution in [0, 0.1) is 29.1 Å². The molecule has 0 saturated heterocycles. The van der Waals surface area contributed by atoms with Gasteiger partial charge in [0.15, 0.2) is 11.5 Å². The molecule has 0 aliphatic heterocycles. The number of carbonyl (C=O) groups excluding carboxylic acids is 3. The second-order valence-electron chi connectivity index (χ2n) is 14.1. The van der Waals surface area contributed by atoms with E-state index in [1.165, 1.54) is 0 Å². The molecule has 0 heterocycles. The number of aliphatic hydroxyl groups is 1. The van der Waals surface area contributed by atoms with Crippen LogP contribution in [0.25, 0.3) is 0 Å². The van der Waals surface area contributed by atoms with E-state index in [-0.39, 0.29) is 43.2 Å². The van der Waals surface area contributed by atoms with Gasteiger partial charge in [-0.05, 0) is 80.5 Å². The molecule has 268 valence electrons. The van der Waals surface area contributed by atoms with Crippen molar-refractivity contribution < 1.29 is 33.7 Å². The molecule has 0 aliphatic rings.